The Kier molecular flexibility index (Phi) is 6.16. The van der Waals surface area contributed by atoms with Crippen molar-refractivity contribution >= 4 is 28.1 Å². The lowest BCUT2D eigenvalue weighted by atomic mass is 9.52. The Morgan fingerprint density at radius 1 is 0.333 bits per heavy atom. The molecule has 278 valence electrons. The van der Waals surface area contributed by atoms with Gasteiger partial charge in [-0.15, -0.1) is 0 Å². The summed E-state index contributed by atoms with van der Waals surface area (Å²) in [6.45, 7) is 0. The first-order valence-corrected chi connectivity index (χ1v) is 20.9. The van der Waals surface area contributed by atoms with Gasteiger partial charge in [0.1, 0.15) is 5.82 Å². The van der Waals surface area contributed by atoms with Crippen LogP contribution in [-0.2, 0) is 10.8 Å². The van der Waals surface area contributed by atoms with Gasteiger partial charge in [-0.1, -0.05) is 176 Å². The molecule has 3 nitrogen and oxygen atoms in total. The number of nitrogens with zero attached hydrogens (tertiary/aromatic N) is 3. The SMILES string of the molecule is c1ccc(-c2nc3cccc4c3n2-c2ccccc2N4c2ccc3c(c2)C2(c4ccccc4-3)c3ccccc3C3(c4ccccc4-c4ccccc43)c3ccccc32)cc1. The van der Waals surface area contributed by atoms with Crippen LogP contribution in [0.15, 0.2) is 212 Å². The van der Waals surface area contributed by atoms with Crippen molar-refractivity contribution in [2.24, 2.45) is 0 Å². The molecule has 0 saturated carbocycles. The first-order chi connectivity index (χ1) is 29.8. The molecular weight excluding hydrogens is 727 g/mol. The normalized spacial score (nSPS) is 14.9. The molecular formula is C57H35N3. The molecule has 1 aliphatic heterocycles. The third-order valence-corrected chi connectivity index (χ3v) is 14.0. The maximum absolute atomic E-state index is 5.29. The van der Waals surface area contributed by atoms with Crippen molar-refractivity contribution < 1.29 is 0 Å². The van der Waals surface area contributed by atoms with Crippen molar-refractivity contribution in [3.05, 3.63) is 257 Å². The number of fused-ring (bicyclic) bond motifs is 18. The molecule has 2 heterocycles. The maximum atomic E-state index is 5.29. The van der Waals surface area contributed by atoms with Crippen molar-refractivity contribution in [1.29, 1.82) is 0 Å². The summed E-state index contributed by atoms with van der Waals surface area (Å²) in [5, 5.41) is 0. The van der Waals surface area contributed by atoms with Crippen molar-refractivity contribution in [3.63, 3.8) is 0 Å². The first kappa shape index (κ1) is 32.2. The van der Waals surface area contributed by atoms with Crippen molar-refractivity contribution in [3.8, 4) is 39.3 Å². The molecule has 4 aliphatic rings. The molecule has 0 radical (unpaired) electrons. The van der Waals surface area contributed by atoms with Crippen LogP contribution in [0, 0.1) is 0 Å². The molecule has 3 heteroatoms. The second kappa shape index (κ2) is 11.5. The molecule has 14 rings (SSSR count). The molecule has 3 aliphatic carbocycles. The van der Waals surface area contributed by atoms with Gasteiger partial charge in [0.15, 0.2) is 0 Å². The van der Waals surface area contributed by atoms with Crippen LogP contribution in [0.1, 0.15) is 44.5 Å². The van der Waals surface area contributed by atoms with Gasteiger partial charge in [0.2, 0.25) is 0 Å². The van der Waals surface area contributed by atoms with Crippen LogP contribution in [0.3, 0.4) is 0 Å². The number of rotatable bonds is 2. The van der Waals surface area contributed by atoms with Crippen molar-refractivity contribution in [2.75, 3.05) is 4.90 Å². The van der Waals surface area contributed by atoms with Gasteiger partial charge in [-0.2, -0.15) is 0 Å². The van der Waals surface area contributed by atoms with Gasteiger partial charge in [0.25, 0.3) is 0 Å². The van der Waals surface area contributed by atoms with Gasteiger partial charge >= 0.3 is 0 Å². The van der Waals surface area contributed by atoms with Crippen LogP contribution in [0.4, 0.5) is 17.1 Å². The van der Waals surface area contributed by atoms with Crippen LogP contribution in [0.2, 0.25) is 0 Å². The fraction of sp³-hybridized carbons (Fsp3) is 0.0351. The topological polar surface area (TPSA) is 21.1 Å². The average Bonchev–Trinajstić information content (AvgIpc) is 3.95. The lowest BCUT2D eigenvalue weighted by Gasteiger charge is -2.49. The number of hydrogen-bond acceptors (Lipinski definition) is 2. The lowest BCUT2D eigenvalue weighted by Crippen LogP contribution is -2.43. The number of imidazole rings is 1. The Morgan fingerprint density at radius 3 is 1.37 bits per heavy atom. The first-order valence-electron chi connectivity index (χ1n) is 20.9. The maximum Gasteiger partial charge on any atom is 0.145 e. The van der Waals surface area contributed by atoms with E-state index in [-0.39, 0.29) is 0 Å². The Morgan fingerprint density at radius 2 is 0.783 bits per heavy atom. The molecule has 9 aromatic carbocycles. The van der Waals surface area contributed by atoms with Crippen molar-refractivity contribution in [1.82, 2.24) is 9.55 Å². The molecule has 0 amide bonds. The van der Waals surface area contributed by atoms with Gasteiger partial charge in [0, 0.05) is 11.3 Å². The Labute approximate surface area is 348 Å². The molecule has 0 unspecified atom stereocenters. The van der Waals surface area contributed by atoms with Crippen LogP contribution >= 0.6 is 0 Å². The molecule has 0 saturated heterocycles. The number of para-hydroxylation sites is 3. The van der Waals surface area contributed by atoms with Gasteiger partial charge in [-0.25, -0.2) is 4.98 Å². The van der Waals surface area contributed by atoms with Crippen LogP contribution in [0.25, 0.3) is 50.4 Å². The quantitative estimate of drug-likeness (QED) is 0.175. The minimum Gasteiger partial charge on any atom is -0.306 e. The summed E-state index contributed by atoms with van der Waals surface area (Å²) in [6.07, 6.45) is 0. The number of aromatic nitrogens is 2. The van der Waals surface area contributed by atoms with Gasteiger partial charge < -0.3 is 4.90 Å². The number of benzene rings is 9. The van der Waals surface area contributed by atoms with E-state index in [0.717, 1.165) is 45.2 Å². The second-order valence-corrected chi connectivity index (χ2v) is 16.6. The molecule has 60 heavy (non-hydrogen) atoms. The minimum absolute atomic E-state index is 0.475. The summed E-state index contributed by atoms with van der Waals surface area (Å²) in [6, 6.07) is 79.2. The van der Waals surface area contributed by atoms with Crippen LogP contribution < -0.4 is 4.90 Å². The highest BCUT2D eigenvalue weighted by molar-refractivity contribution is 6.04. The predicted octanol–water partition coefficient (Wildman–Crippen LogP) is 13.5. The Balaban J connectivity index is 1.08. The molecule has 0 N–H and O–H groups in total. The van der Waals surface area contributed by atoms with E-state index in [1.54, 1.807) is 0 Å². The zero-order chi connectivity index (χ0) is 39.2. The third kappa shape index (κ3) is 3.71. The fourth-order valence-electron chi connectivity index (χ4n) is 11.9. The summed E-state index contributed by atoms with van der Waals surface area (Å²) in [5.74, 6) is 0.952. The zero-order valence-electron chi connectivity index (χ0n) is 32.5. The highest BCUT2D eigenvalue weighted by Crippen LogP contribution is 2.67. The van der Waals surface area contributed by atoms with Crippen LogP contribution in [-0.4, -0.2) is 9.55 Å². The van der Waals surface area contributed by atoms with Gasteiger partial charge in [-0.05, 0) is 103 Å². The summed E-state index contributed by atoms with van der Waals surface area (Å²) >= 11 is 0. The predicted molar refractivity (Wildman–Crippen MR) is 243 cm³/mol. The van der Waals surface area contributed by atoms with Crippen LogP contribution in [0.5, 0.6) is 0 Å². The van der Waals surface area contributed by atoms with E-state index in [9.17, 15) is 0 Å². The van der Waals surface area contributed by atoms with E-state index in [1.165, 1.54) is 66.8 Å². The highest BCUT2D eigenvalue weighted by atomic mass is 15.2. The molecule has 1 aromatic heterocycles. The standard InChI is InChI=1S/C57H35N3/c1-2-17-36(18-3-1)55-58-50-29-16-32-53-54(50)60(55)52-31-15-14-30-51(52)59(53)37-33-34-41-40-21-6-9-24-44(40)57(49(41)35-37)47-27-12-10-25-45(47)56(46-26-11-13-28-48(46)57)42-22-7-4-19-38(42)39-20-5-8-23-43(39)56/h1-35H. The molecule has 0 fully saturated rings. The third-order valence-electron chi connectivity index (χ3n) is 14.0. The number of hydrogen-bond donors (Lipinski definition) is 0. The van der Waals surface area contributed by atoms with E-state index in [4.69, 9.17) is 4.98 Å². The second-order valence-electron chi connectivity index (χ2n) is 16.6. The molecule has 2 spiro atoms. The zero-order valence-corrected chi connectivity index (χ0v) is 32.5. The summed E-state index contributed by atoms with van der Waals surface area (Å²) in [5.41, 5.74) is 22.5. The number of anilines is 3. The molecule has 0 atom stereocenters. The summed E-state index contributed by atoms with van der Waals surface area (Å²) in [7, 11) is 0. The van der Waals surface area contributed by atoms with E-state index >= 15 is 0 Å². The highest BCUT2D eigenvalue weighted by Gasteiger charge is 2.59. The van der Waals surface area contributed by atoms with Gasteiger partial charge in [0.05, 0.1) is 38.9 Å². The van der Waals surface area contributed by atoms with E-state index in [2.05, 4.69) is 222 Å². The minimum atomic E-state index is -0.573. The van der Waals surface area contributed by atoms with E-state index < -0.39 is 10.8 Å². The van der Waals surface area contributed by atoms with Gasteiger partial charge in [-0.3, -0.25) is 4.57 Å². The summed E-state index contributed by atoms with van der Waals surface area (Å²) < 4.78 is 2.36. The smallest absolute Gasteiger partial charge is 0.145 e. The Bertz CT molecular complexity index is 3370. The monoisotopic (exact) mass is 761 g/mol. The summed E-state index contributed by atoms with van der Waals surface area (Å²) in [4.78, 5) is 7.76. The largest absolute Gasteiger partial charge is 0.306 e. The van der Waals surface area contributed by atoms with E-state index in [0.29, 0.717) is 0 Å². The van der Waals surface area contributed by atoms with E-state index in [1.807, 2.05) is 0 Å². The average molecular weight is 762 g/mol. The Hall–Kier alpha value is -7.75. The fourth-order valence-corrected chi connectivity index (χ4v) is 11.9. The van der Waals surface area contributed by atoms with Crippen molar-refractivity contribution in [2.45, 2.75) is 10.8 Å². The molecule has 0 bridgehead atoms. The lowest BCUT2D eigenvalue weighted by molar-refractivity contribution is 0.633. The molecule has 10 aromatic rings.